The third-order valence-corrected chi connectivity index (χ3v) is 7.88. The lowest BCUT2D eigenvalue weighted by Crippen LogP contribution is -2.31. The van der Waals surface area contributed by atoms with E-state index in [-0.39, 0.29) is 24.0 Å². The van der Waals surface area contributed by atoms with Crippen LogP contribution in [0.25, 0.3) is 0 Å². The highest BCUT2D eigenvalue weighted by molar-refractivity contribution is 7.89. The van der Waals surface area contributed by atoms with Crippen molar-refractivity contribution in [2.45, 2.75) is 62.4 Å². The summed E-state index contributed by atoms with van der Waals surface area (Å²) in [5.41, 5.74) is -0.868. The molecule has 0 spiro atoms. The molecule has 0 radical (unpaired) electrons. The monoisotopic (exact) mass is 494 g/mol. The minimum atomic E-state index is -4.49. The summed E-state index contributed by atoms with van der Waals surface area (Å²) in [6, 6.07) is 3.57. The first-order valence-electron chi connectivity index (χ1n) is 11.8. The van der Waals surface area contributed by atoms with Crippen LogP contribution in [0.3, 0.4) is 0 Å². The van der Waals surface area contributed by atoms with Crippen LogP contribution < -0.4 is 4.72 Å². The number of nitrogens with one attached hydrogen (secondary N) is 1. The van der Waals surface area contributed by atoms with E-state index in [0.29, 0.717) is 25.6 Å². The van der Waals surface area contributed by atoms with Gasteiger partial charge in [0.1, 0.15) is 0 Å². The van der Waals surface area contributed by atoms with E-state index >= 15 is 0 Å². The van der Waals surface area contributed by atoms with E-state index < -0.39 is 21.8 Å². The molecule has 0 amide bonds. The average Bonchev–Trinajstić information content (AvgIpc) is 2.78. The molecule has 1 aliphatic rings. The van der Waals surface area contributed by atoms with Gasteiger partial charge < -0.3 is 10.2 Å². The molecule has 0 unspecified atom stereocenters. The Bertz CT molecular complexity index is 774. The van der Waals surface area contributed by atoms with E-state index in [2.05, 4.69) is 9.62 Å². The van der Waals surface area contributed by atoms with Crippen molar-refractivity contribution in [3.05, 3.63) is 29.8 Å². The van der Waals surface area contributed by atoms with E-state index in [4.69, 9.17) is 10.2 Å². The smallest absolute Gasteiger partial charge is 0.395 e. The molecule has 33 heavy (non-hydrogen) atoms. The van der Waals surface area contributed by atoms with Crippen LogP contribution >= 0.6 is 0 Å². The Labute approximate surface area is 195 Å². The van der Waals surface area contributed by atoms with E-state index in [9.17, 15) is 21.6 Å². The Balaban J connectivity index is 1.65. The number of alkyl halides is 3. The molecule has 2 rings (SSSR count). The SMILES string of the molecule is O=S(=O)(NCC1CCC(CCCCCN(CCO)CCO)CC1)c1ccc(C(F)(F)F)cc1. The first-order valence-corrected chi connectivity index (χ1v) is 13.2. The van der Waals surface area contributed by atoms with Gasteiger partial charge in [-0.3, -0.25) is 4.90 Å². The van der Waals surface area contributed by atoms with Gasteiger partial charge in [-0.05, 0) is 61.9 Å². The van der Waals surface area contributed by atoms with Gasteiger partial charge in [-0.25, -0.2) is 13.1 Å². The van der Waals surface area contributed by atoms with Crippen LogP contribution in [0.1, 0.15) is 56.9 Å². The van der Waals surface area contributed by atoms with Gasteiger partial charge in [-0.15, -0.1) is 0 Å². The molecular formula is C23H37F3N2O4S. The topological polar surface area (TPSA) is 89.9 Å². The average molecular weight is 495 g/mol. The Morgan fingerprint density at radius 3 is 2.00 bits per heavy atom. The Kier molecular flexibility index (Phi) is 11.6. The van der Waals surface area contributed by atoms with Crippen LogP contribution in [0.2, 0.25) is 0 Å². The highest BCUT2D eigenvalue weighted by Crippen LogP contribution is 2.32. The number of aliphatic hydroxyl groups is 2. The molecule has 0 saturated heterocycles. The Morgan fingerprint density at radius 2 is 1.45 bits per heavy atom. The van der Waals surface area contributed by atoms with Gasteiger partial charge in [0.25, 0.3) is 0 Å². The lowest BCUT2D eigenvalue weighted by Gasteiger charge is -2.28. The summed E-state index contributed by atoms with van der Waals surface area (Å²) < 4.78 is 65.4. The number of hydrogen-bond donors (Lipinski definition) is 3. The molecule has 0 heterocycles. The number of unbranched alkanes of at least 4 members (excludes halogenated alkanes) is 2. The van der Waals surface area contributed by atoms with Crippen molar-refractivity contribution in [2.24, 2.45) is 11.8 Å². The van der Waals surface area contributed by atoms with Crippen molar-refractivity contribution in [1.82, 2.24) is 9.62 Å². The minimum absolute atomic E-state index is 0.101. The van der Waals surface area contributed by atoms with Gasteiger partial charge in [-0.1, -0.05) is 32.1 Å². The largest absolute Gasteiger partial charge is 0.416 e. The van der Waals surface area contributed by atoms with Crippen LogP contribution in [0.15, 0.2) is 29.2 Å². The Hall–Kier alpha value is -1.20. The molecule has 0 atom stereocenters. The van der Waals surface area contributed by atoms with Crippen molar-refractivity contribution < 1.29 is 31.8 Å². The summed E-state index contributed by atoms with van der Waals surface area (Å²) in [7, 11) is -3.82. The van der Waals surface area contributed by atoms with Gasteiger partial charge >= 0.3 is 6.18 Å². The molecule has 1 aromatic rings. The quantitative estimate of drug-likeness (QED) is 0.344. The lowest BCUT2D eigenvalue weighted by molar-refractivity contribution is -0.137. The molecule has 6 nitrogen and oxygen atoms in total. The molecule has 3 N–H and O–H groups in total. The molecule has 0 aliphatic heterocycles. The number of rotatable bonds is 14. The van der Waals surface area contributed by atoms with Gasteiger partial charge in [0.2, 0.25) is 10.0 Å². The normalized spacial score (nSPS) is 19.8. The van der Waals surface area contributed by atoms with Crippen molar-refractivity contribution >= 4 is 10.0 Å². The zero-order chi connectivity index (χ0) is 24.3. The predicted molar refractivity (Wildman–Crippen MR) is 121 cm³/mol. The fraction of sp³-hybridized carbons (Fsp3) is 0.739. The van der Waals surface area contributed by atoms with Crippen LogP contribution in [-0.2, 0) is 16.2 Å². The number of nitrogens with zero attached hydrogens (tertiary/aromatic N) is 1. The van der Waals surface area contributed by atoms with Crippen molar-refractivity contribution in [3.8, 4) is 0 Å². The maximum atomic E-state index is 12.7. The molecule has 0 bridgehead atoms. The maximum absolute atomic E-state index is 12.7. The molecule has 1 saturated carbocycles. The summed E-state index contributed by atoms with van der Waals surface area (Å²) in [4.78, 5) is 1.91. The molecule has 10 heteroatoms. The molecule has 0 aromatic heterocycles. The number of benzene rings is 1. The van der Waals surface area contributed by atoms with Crippen molar-refractivity contribution in [3.63, 3.8) is 0 Å². The first kappa shape index (κ1) is 28.0. The summed E-state index contributed by atoms with van der Waals surface area (Å²) in [6.07, 6.45) is 3.98. The zero-order valence-corrected chi connectivity index (χ0v) is 19.9. The molecular weight excluding hydrogens is 457 g/mol. The second-order valence-corrected chi connectivity index (χ2v) is 10.7. The van der Waals surface area contributed by atoms with Crippen LogP contribution in [0, 0.1) is 11.8 Å². The molecule has 1 fully saturated rings. The molecule has 1 aromatic carbocycles. The van der Waals surface area contributed by atoms with E-state index in [1.807, 2.05) is 0 Å². The molecule has 190 valence electrons. The van der Waals surface area contributed by atoms with Crippen LogP contribution in [0.4, 0.5) is 13.2 Å². The third kappa shape index (κ3) is 9.90. The van der Waals surface area contributed by atoms with Gasteiger partial charge in [0.05, 0.1) is 23.7 Å². The van der Waals surface area contributed by atoms with Crippen LogP contribution in [-0.4, -0.2) is 62.9 Å². The van der Waals surface area contributed by atoms with E-state index in [1.54, 1.807) is 0 Å². The highest BCUT2D eigenvalue weighted by atomic mass is 32.2. The lowest BCUT2D eigenvalue weighted by atomic mass is 9.80. The standard InChI is InChI=1S/C23H37F3N2O4S/c24-23(25,26)21-9-11-22(12-10-21)33(31,32)27-18-20-7-5-19(6-8-20)4-2-1-3-13-28(14-16-29)15-17-30/h9-12,19-20,27,29-30H,1-8,13-18H2. The number of sulfonamides is 1. The van der Waals surface area contributed by atoms with Crippen molar-refractivity contribution in [1.29, 1.82) is 0 Å². The second kappa shape index (κ2) is 13.6. The summed E-state index contributed by atoms with van der Waals surface area (Å²) in [6.45, 7) is 2.57. The fourth-order valence-electron chi connectivity index (χ4n) is 4.42. The highest BCUT2D eigenvalue weighted by Gasteiger charge is 2.31. The minimum Gasteiger partial charge on any atom is -0.395 e. The first-order chi connectivity index (χ1) is 15.7. The summed E-state index contributed by atoms with van der Waals surface area (Å²) in [5.74, 6) is 0.898. The molecule has 1 aliphatic carbocycles. The van der Waals surface area contributed by atoms with E-state index in [0.717, 1.165) is 82.2 Å². The van der Waals surface area contributed by atoms with Gasteiger partial charge in [0, 0.05) is 19.6 Å². The maximum Gasteiger partial charge on any atom is 0.416 e. The summed E-state index contributed by atoms with van der Waals surface area (Å²) in [5, 5.41) is 18.1. The third-order valence-electron chi connectivity index (χ3n) is 6.44. The Morgan fingerprint density at radius 1 is 0.879 bits per heavy atom. The predicted octanol–water partition coefficient (Wildman–Crippen LogP) is 3.64. The zero-order valence-electron chi connectivity index (χ0n) is 19.1. The number of halogens is 3. The fourth-order valence-corrected chi connectivity index (χ4v) is 5.54. The van der Waals surface area contributed by atoms with Gasteiger partial charge in [0.15, 0.2) is 0 Å². The number of aliphatic hydroxyl groups excluding tert-OH is 2. The summed E-state index contributed by atoms with van der Waals surface area (Å²) >= 11 is 0. The van der Waals surface area contributed by atoms with Crippen molar-refractivity contribution in [2.75, 3.05) is 39.4 Å². The van der Waals surface area contributed by atoms with E-state index in [1.165, 1.54) is 0 Å². The second-order valence-electron chi connectivity index (χ2n) is 8.90. The van der Waals surface area contributed by atoms with Gasteiger partial charge in [-0.2, -0.15) is 13.2 Å². The van der Waals surface area contributed by atoms with Crippen LogP contribution in [0.5, 0.6) is 0 Å². The number of hydrogen-bond acceptors (Lipinski definition) is 5.